The highest BCUT2D eigenvalue weighted by atomic mass is 35.5. The maximum absolute atomic E-state index is 10.4. The zero-order valence-corrected chi connectivity index (χ0v) is 6.69. The van der Waals surface area contributed by atoms with E-state index in [1.165, 1.54) is 0 Å². The Kier molecular flexibility index (Phi) is 8.40. The van der Waals surface area contributed by atoms with E-state index in [0.29, 0.717) is 6.42 Å². The Hall–Kier alpha value is -0.320. The van der Waals surface area contributed by atoms with Crippen LogP contribution in [0.5, 0.6) is 0 Å². The Labute approximate surface area is 66.3 Å². The molecular weight excluding hydrogens is 156 g/mol. The molecule has 0 spiro atoms. The lowest BCUT2D eigenvalue weighted by Gasteiger charge is -2.08. The molecule has 0 saturated carbocycles. The van der Waals surface area contributed by atoms with Crippen LogP contribution in [0.2, 0.25) is 0 Å². The van der Waals surface area contributed by atoms with Crippen molar-refractivity contribution in [3.8, 4) is 0 Å². The van der Waals surface area contributed by atoms with Gasteiger partial charge in [-0.2, -0.15) is 0 Å². The van der Waals surface area contributed by atoms with Gasteiger partial charge in [-0.25, -0.2) is 0 Å². The minimum Gasteiger partial charge on any atom is -0.445 e. The minimum atomic E-state index is -0.641. The SMILES string of the molecule is CCC(=O)OC(N)CN.Cl. The third-order valence-corrected chi connectivity index (χ3v) is 0.804. The monoisotopic (exact) mass is 168 g/mol. The molecule has 1 unspecified atom stereocenters. The topological polar surface area (TPSA) is 78.3 Å². The van der Waals surface area contributed by atoms with Gasteiger partial charge in [-0.15, -0.1) is 12.4 Å². The fourth-order valence-electron chi connectivity index (χ4n) is 0.300. The minimum absolute atomic E-state index is 0. The second kappa shape index (κ2) is 6.80. The third kappa shape index (κ3) is 5.81. The standard InChI is InChI=1S/C5H12N2O2.ClH/c1-2-5(8)9-4(7)3-6;/h4H,2-3,6-7H2,1H3;1H. The van der Waals surface area contributed by atoms with Crippen molar-refractivity contribution < 1.29 is 9.53 Å². The molecule has 10 heavy (non-hydrogen) atoms. The van der Waals surface area contributed by atoms with Gasteiger partial charge in [0.25, 0.3) is 0 Å². The average Bonchev–Trinajstić information content (AvgIpc) is 1.87. The van der Waals surface area contributed by atoms with Crippen LogP contribution < -0.4 is 11.5 Å². The summed E-state index contributed by atoms with van der Waals surface area (Å²) in [4.78, 5) is 10.4. The second-order valence-electron chi connectivity index (χ2n) is 1.62. The van der Waals surface area contributed by atoms with Crippen LogP contribution in [-0.2, 0) is 9.53 Å². The largest absolute Gasteiger partial charge is 0.445 e. The lowest BCUT2D eigenvalue weighted by atomic mass is 10.5. The van der Waals surface area contributed by atoms with Crippen molar-refractivity contribution >= 4 is 18.4 Å². The first-order chi connectivity index (χ1) is 4.20. The summed E-state index contributed by atoms with van der Waals surface area (Å²) < 4.78 is 4.56. The summed E-state index contributed by atoms with van der Waals surface area (Å²) in [5, 5.41) is 0. The molecule has 0 aliphatic carbocycles. The Morgan fingerprint density at radius 1 is 1.70 bits per heavy atom. The van der Waals surface area contributed by atoms with E-state index in [0.717, 1.165) is 0 Å². The molecule has 5 heteroatoms. The molecule has 0 saturated heterocycles. The maximum atomic E-state index is 10.4. The molecule has 0 radical (unpaired) electrons. The third-order valence-electron chi connectivity index (χ3n) is 0.804. The Balaban J connectivity index is 0. The second-order valence-corrected chi connectivity index (χ2v) is 1.62. The van der Waals surface area contributed by atoms with Crippen molar-refractivity contribution in [2.75, 3.05) is 6.54 Å². The van der Waals surface area contributed by atoms with Gasteiger partial charge in [-0.05, 0) is 0 Å². The number of carbonyl (C=O) groups is 1. The van der Waals surface area contributed by atoms with Crippen LogP contribution >= 0.6 is 12.4 Å². The van der Waals surface area contributed by atoms with Gasteiger partial charge in [-0.1, -0.05) is 6.92 Å². The zero-order chi connectivity index (χ0) is 7.28. The first kappa shape index (κ1) is 12.4. The van der Waals surface area contributed by atoms with E-state index >= 15 is 0 Å². The van der Waals surface area contributed by atoms with Crippen LogP contribution in [0.25, 0.3) is 0 Å². The van der Waals surface area contributed by atoms with E-state index in [9.17, 15) is 4.79 Å². The molecule has 0 aliphatic heterocycles. The van der Waals surface area contributed by atoms with Gasteiger partial charge in [0.1, 0.15) is 0 Å². The van der Waals surface area contributed by atoms with Gasteiger partial charge in [0.2, 0.25) is 0 Å². The average molecular weight is 169 g/mol. The lowest BCUT2D eigenvalue weighted by molar-refractivity contribution is -0.147. The van der Waals surface area contributed by atoms with Gasteiger partial charge >= 0.3 is 5.97 Å². The molecule has 0 aromatic heterocycles. The molecule has 4 nitrogen and oxygen atoms in total. The number of hydrogen-bond donors (Lipinski definition) is 2. The highest BCUT2D eigenvalue weighted by molar-refractivity contribution is 5.85. The first-order valence-corrected chi connectivity index (χ1v) is 2.85. The number of halogens is 1. The molecule has 0 heterocycles. The normalized spacial score (nSPS) is 11.5. The Morgan fingerprint density at radius 3 is 2.50 bits per heavy atom. The summed E-state index contributed by atoms with van der Waals surface area (Å²) in [5.74, 6) is -0.312. The Morgan fingerprint density at radius 2 is 2.20 bits per heavy atom. The predicted molar refractivity (Wildman–Crippen MR) is 40.7 cm³/mol. The molecule has 0 bridgehead atoms. The molecule has 0 aromatic carbocycles. The van der Waals surface area contributed by atoms with Crippen LogP contribution in [0.3, 0.4) is 0 Å². The quantitative estimate of drug-likeness (QED) is 0.444. The summed E-state index contributed by atoms with van der Waals surface area (Å²) in [6, 6.07) is 0. The lowest BCUT2D eigenvalue weighted by Crippen LogP contribution is -2.34. The molecule has 0 aromatic rings. The number of rotatable bonds is 3. The smallest absolute Gasteiger partial charge is 0.307 e. The molecule has 0 rings (SSSR count). The van der Waals surface area contributed by atoms with Crippen molar-refractivity contribution in [3.05, 3.63) is 0 Å². The van der Waals surface area contributed by atoms with Crippen LogP contribution in [0, 0.1) is 0 Å². The van der Waals surface area contributed by atoms with Gasteiger partial charge in [0.15, 0.2) is 6.23 Å². The molecule has 1 atom stereocenters. The van der Waals surface area contributed by atoms with Crippen LogP contribution in [0.1, 0.15) is 13.3 Å². The predicted octanol–water partition coefficient (Wildman–Crippen LogP) is -0.395. The van der Waals surface area contributed by atoms with Gasteiger partial charge in [-0.3, -0.25) is 10.5 Å². The van der Waals surface area contributed by atoms with E-state index in [-0.39, 0.29) is 24.9 Å². The highest BCUT2D eigenvalue weighted by Gasteiger charge is 2.03. The van der Waals surface area contributed by atoms with E-state index in [4.69, 9.17) is 11.5 Å². The van der Waals surface area contributed by atoms with Gasteiger partial charge < -0.3 is 10.5 Å². The van der Waals surface area contributed by atoms with Crippen molar-refractivity contribution in [1.29, 1.82) is 0 Å². The van der Waals surface area contributed by atoms with Gasteiger partial charge in [0.05, 0.1) is 0 Å². The Bertz CT molecular complexity index is 99.6. The number of nitrogens with two attached hydrogens (primary N) is 2. The number of carbonyl (C=O) groups excluding carboxylic acids is 1. The summed E-state index contributed by atoms with van der Waals surface area (Å²) >= 11 is 0. The molecule has 62 valence electrons. The molecule has 4 N–H and O–H groups in total. The van der Waals surface area contributed by atoms with Crippen molar-refractivity contribution in [1.82, 2.24) is 0 Å². The summed E-state index contributed by atoms with van der Waals surface area (Å²) in [6.07, 6.45) is -0.300. The summed E-state index contributed by atoms with van der Waals surface area (Å²) in [7, 11) is 0. The van der Waals surface area contributed by atoms with E-state index in [1.54, 1.807) is 6.92 Å². The molecule has 0 amide bonds. The van der Waals surface area contributed by atoms with Crippen molar-refractivity contribution in [3.63, 3.8) is 0 Å². The zero-order valence-electron chi connectivity index (χ0n) is 5.87. The van der Waals surface area contributed by atoms with Crippen molar-refractivity contribution in [2.24, 2.45) is 11.5 Å². The van der Waals surface area contributed by atoms with E-state index < -0.39 is 6.23 Å². The fraction of sp³-hybridized carbons (Fsp3) is 0.800. The molecule has 0 aliphatic rings. The van der Waals surface area contributed by atoms with Crippen molar-refractivity contribution in [2.45, 2.75) is 19.6 Å². The van der Waals surface area contributed by atoms with E-state index in [1.807, 2.05) is 0 Å². The van der Waals surface area contributed by atoms with E-state index in [2.05, 4.69) is 4.74 Å². The molecular formula is C5H13ClN2O2. The number of esters is 1. The highest BCUT2D eigenvalue weighted by Crippen LogP contribution is 1.85. The number of hydrogen-bond acceptors (Lipinski definition) is 4. The maximum Gasteiger partial charge on any atom is 0.307 e. The number of ether oxygens (including phenoxy) is 1. The first-order valence-electron chi connectivity index (χ1n) is 2.85. The van der Waals surface area contributed by atoms with Crippen LogP contribution in [0.4, 0.5) is 0 Å². The van der Waals surface area contributed by atoms with Crippen LogP contribution in [-0.4, -0.2) is 18.7 Å². The fourth-order valence-corrected chi connectivity index (χ4v) is 0.300. The summed E-state index contributed by atoms with van der Waals surface area (Å²) in [5.41, 5.74) is 10.3. The van der Waals surface area contributed by atoms with Gasteiger partial charge in [0, 0.05) is 13.0 Å². The van der Waals surface area contributed by atoms with Crippen LogP contribution in [0.15, 0.2) is 0 Å². The summed E-state index contributed by atoms with van der Waals surface area (Å²) in [6.45, 7) is 1.87. The molecule has 0 fully saturated rings.